The molecule has 0 spiro atoms. The van der Waals surface area contributed by atoms with E-state index in [1.807, 2.05) is 32.9 Å². The highest BCUT2D eigenvalue weighted by Gasteiger charge is 2.31. The summed E-state index contributed by atoms with van der Waals surface area (Å²) in [6.45, 7) is 6.06. The molecule has 35 heavy (non-hydrogen) atoms. The maximum absolute atomic E-state index is 13.5. The first-order valence-corrected chi connectivity index (χ1v) is 13.3. The molecule has 0 radical (unpaired) electrons. The number of unbranched alkanes of at least 4 members (excludes halogenated alkanes) is 1. The van der Waals surface area contributed by atoms with Gasteiger partial charge in [-0.25, -0.2) is 8.42 Å². The fourth-order valence-corrected chi connectivity index (χ4v) is 4.73. The number of methoxy groups -OCH3 is 1. The van der Waals surface area contributed by atoms with Crippen LogP contribution in [-0.2, 0) is 26.2 Å². The number of carbonyl (C=O) groups excluding carboxylic acids is 2. The molecule has 0 aliphatic rings. The molecule has 0 bridgehead atoms. The molecule has 0 aliphatic carbocycles. The number of hydrogen-bond acceptors (Lipinski definition) is 5. The minimum Gasteiger partial charge on any atom is -0.497 e. The zero-order valence-electron chi connectivity index (χ0n) is 21.3. The van der Waals surface area contributed by atoms with Gasteiger partial charge < -0.3 is 15.0 Å². The summed E-state index contributed by atoms with van der Waals surface area (Å²) in [5.41, 5.74) is 1.75. The Morgan fingerprint density at radius 2 is 1.66 bits per heavy atom. The number of amides is 2. The molecule has 0 saturated carbocycles. The lowest BCUT2D eigenvalue weighted by Gasteiger charge is -2.32. The van der Waals surface area contributed by atoms with Crippen LogP contribution in [-0.4, -0.2) is 62.7 Å². The van der Waals surface area contributed by atoms with Crippen molar-refractivity contribution < 1.29 is 22.7 Å². The fraction of sp³-hybridized carbons (Fsp3) is 0.462. The number of aryl methyl sites for hydroxylation is 1. The van der Waals surface area contributed by atoms with E-state index < -0.39 is 22.0 Å². The highest BCUT2D eigenvalue weighted by molar-refractivity contribution is 7.89. The van der Waals surface area contributed by atoms with Crippen LogP contribution >= 0.6 is 0 Å². The summed E-state index contributed by atoms with van der Waals surface area (Å²) in [6, 6.07) is 13.0. The van der Waals surface area contributed by atoms with Crippen LogP contribution in [0.5, 0.6) is 5.75 Å². The standard InChI is InChI=1S/C26H37N3O5S/c1-6-8-17-27-26(31)24(7-2)29(18-21-11-13-22(34-5)14-12-21)25(30)19-28(4)35(32,33)23-15-9-20(3)10-16-23/h9-16,24H,6-8,17-19H2,1-5H3,(H,27,31)/t24-/m0/s1. The van der Waals surface area contributed by atoms with E-state index in [0.29, 0.717) is 18.7 Å². The smallest absolute Gasteiger partial charge is 0.243 e. The first-order chi connectivity index (χ1) is 16.6. The van der Waals surface area contributed by atoms with Crippen molar-refractivity contribution in [3.05, 3.63) is 59.7 Å². The van der Waals surface area contributed by atoms with Crippen LogP contribution in [0.4, 0.5) is 0 Å². The summed E-state index contributed by atoms with van der Waals surface area (Å²) in [5.74, 6) is -0.0109. The minimum atomic E-state index is -3.87. The molecule has 0 unspecified atom stereocenters. The Hall–Kier alpha value is -2.91. The molecule has 9 heteroatoms. The van der Waals surface area contributed by atoms with E-state index in [9.17, 15) is 18.0 Å². The number of likely N-dealkylation sites (N-methyl/N-ethyl adjacent to an activating group) is 1. The minimum absolute atomic E-state index is 0.115. The van der Waals surface area contributed by atoms with Gasteiger partial charge in [0.1, 0.15) is 11.8 Å². The van der Waals surface area contributed by atoms with Crippen LogP contribution in [0.25, 0.3) is 0 Å². The highest BCUT2D eigenvalue weighted by Crippen LogP contribution is 2.19. The first-order valence-electron chi connectivity index (χ1n) is 11.9. The Morgan fingerprint density at radius 3 is 2.20 bits per heavy atom. The van der Waals surface area contributed by atoms with Crippen molar-refractivity contribution in [2.24, 2.45) is 0 Å². The predicted octanol–water partition coefficient (Wildman–Crippen LogP) is 3.35. The lowest BCUT2D eigenvalue weighted by Crippen LogP contribution is -2.51. The molecule has 0 aromatic heterocycles. The maximum atomic E-state index is 13.5. The molecule has 1 atom stereocenters. The van der Waals surface area contributed by atoms with E-state index in [0.717, 1.165) is 28.3 Å². The monoisotopic (exact) mass is 503 g/mol. The Kier molecular flexibility index (Phi) is 10.7. The molecule has 2 amide bonds. The van der Waals surface area contributed by atoms with E-state index in [-0.39, 0.29) is 23.9 Å². The molecular weight excluding hydrogens is 466 g/mol. The molecule has 0 heterocycles. The van der Waals surface area contributed by atoms with Crippen LogP contribution in [0.15, 0.2) is 53.4 Å². The molecule has 1 N–H and O–H groups in total. The van der Waals surface area contributed by atoms with Gasteiger partial charge in [0, 0.05) is 20.1 Å². The number of rotatable bonds is 13. The first kappa shape index (κ1) is 28.3. The molecule has 8 nitrogen and oxygen atoms in total. The SMILES string of the molecule is CCCCNC(=O)[C@H](CC)N(Cc1ccc(OC)cc1)C(=O)CN(C)S(=O)(=O)c1ccc(C)cc1. The van der Waals surface area contributed by atoms with Crippen LogP contribution in [0, 0.1) is 6.92 Å². The van der Waals surface area contributed by atoms with Crippen LogP contribution < -0.4 is 10.1 Å². The third-order valence-electron chi connectivity index (χ3n) is 5.81. The number of carbonyl (C=O) groups is 2. The summed E-state index contributed by atoms with van der Waals surface area (Å²) in [6.07, 6.45) is 2.17. The average Bonchev–Trinajstić information content (AvgIpc) is 2.84. The van der Waals surface area contributed by atoms with E-state index in [1.165, 1.54) is 24.1 Å². The normalized spacial score (nSPS) is 12.3. The van der Waals surface area contributed by atoms with Crippen molar-refractivity contribution in [1.82, 2.24) is 14.5 Å². The lowest BCUT2D eigenvalue weighted by atomic mass is 10.1. The summed E-state index contributed by atoms with van der Waals surface area (Å²) in [7, 11) is -0.919. The number of nitrogens with zero attached hydrogens (tertiary/aromatic N) is 2. The largest absolute Gasteiger partial charge is 0.497 e. The Balaban J connectivity index is 2.29. The molecule has 0 aliphatic heterocycles. The van der Waals surface area contributed by atoms with Crippen molar-refractivity contribution in [3.63, 3.8) is 0 Å². The number of nitrogens with one attached hydrogen (secondary N) is 1. The second-order valence-corrected chi connectivity index (χ2v) is 10.6. The van der Waals surface area contributed by atoms with E-state index in [2.05, 4.69) is 5.32 Å². The number of sulfonamides is 1. The quantitative estimate of drug-likeness (QED) is 0.423. The Bertz CT molecular complexity index is 1070. The predicted molar refractivity (Wildman–Crippen MR) is 137 cm³/mol. The van der Waals surface area contributed by atoms with Crippen LogP contribution in [0.1, 0.15) is 44.2 Å². The van der Waals surface area contributed by atoms with Gasteiger partial charge in [0.25, 0.3) is 0 Å². The van der Waals surface area contributed by atoms with Gasteiger partial charge in [-0.2, -0.15) is 4.31 Å². The topological polar surface area (TPSA) is 96.0 Å². The highest BCUT2D eigenvalue weighted by atomic mass is 32.2. The molecular formula is C26H37N3O5S. The second-order valence-electron chi connectivity index (χ2n) is 8.51. The number of benzene rings is 2. The van der Waals surface area contributed by atoms with Crippen molar-refractivity contribution in [2.45, 2.75) is 57.5 Å². The molecule has 192 valence electrons. The zero-order chi connectivity index (χ0) is 26.0. The van der Waals surface area contributed by atoms with E-state index >= 15 is 0 Å². The summed E-state index contributed by atoms with van der Waals surface area (Å²) >= 11 is 0. The summed E-state index contributed by atoms with van der Waals surface area (Å²) < 4.78 is 32.3. The maximum Gasteiger partial charge on any atom is 0.243 e. The molecule has 0 saturated heterocycles. The van der Waals surface area contributed by atoms with Crippen molar-refractivity contribution >= 4 is 21.8 Å². The van der Waals surface area contributed by atoms with Crippen molar-refractivity contribution in [2.75, 3.05) is 27.2 Å². The number of ether oxygens (including phenoxy) is 1. The number of hydrogen-bond donors (Lipinski definition) is 1. The summed E-state index contributed by atoms with van der Waals surface area (Å²) in [4.78, 5) is 28.0. The van der Waals surface area contributed by atoms with E-state index in [1.54, 1.807) is 31.4 Å². The van der Waals surface area contributed by atoms with Gasteiger partial charge in [0.2, 0.25) is 21.8 Å². The second kappa shape index (κ2) is 13.3. The van der Waals surface area contributed by atoms with Gasteiger partial charge in [-0.3, -0.25) is 9.59 Å². The van der Waals surface area contributed by atoms with Gasteiger partial charge in [-0.05, 0) is 49.6 Å². The van der Waals surface area contributed by atoms with Crippen LogP contribution in [0.3, 0.4) is 0 Å². The van der Waals surface area contributed by atoms with Crippen molar-refractivity contribution in [3.8, 4) is 5.75 Å². The fourth-order valence-electron chi connectivity index (χ4n) is 3.61. The van der Waals surface area contributed by atoms with Gasteiger partial charge in [-0.15, -0.1) is 0 Å². The Labute approximate surface area is 209 Å². The molecule has 2 aromatic carbocycles. The van der Waals surface area contributed by atoms with E-state index in [4.69, 9.17) is 4.74 Å². The van der Waals surface area contributed by atoms with Gasteiger partial charge >= 0.3 is 0 Å². The molecule has 2 rings (SSSR count). The third kappa shape index (κ3) is 7.80. The molecule has 2 aromatic rings. The lowest BCUT2D eigenvalue weighted by molar-refractivity contribution is -0.141. The van der Waals surface area contributed by atoms with Gasteiger partial charge in [0.05, 0.1) is 18.6 Å². The summed E-state index contributed by atoms with van der Waals surface area (Å²) in [5, 5.41) is 2.90. The third-order valence-corrected chi connectivity index (χ3v) is 7.63. The van der Waals surface area contributed by atoms with Crippen LogP contribution in [0.2, 0.25) is 0 Å². The average molecular weight is 504 g/mol. The van der Waals surface area contributed by atoms with Gasteiger partial charge in [0.15, 0.2) is 0 Å². The van der Waals surface area contributed by atoms with Crippen molar-refractivity contribution in [1.29, 1.82) is 0 Å². The molecule has 0 fully saturated rings. The Morgan fingerprint density at radius 1 is 1.03 bits per heavy atom. The van der Waals surface area contributed by atoms with Gasteiger partial charge in [-0.1, -0.05) is 50.1 Å². The zero-order valence-corrected chi connectivity index (χ0v) is 22.1.